The minimum absolute atomic E-state index is 0.440. The van der Waals surface area contributed by atoms with E-state index < -0.39 is 11.6 Å². The van der Waals surface area contributed by atoms with Gasteiger partial charge in [-0.15, -0.1) is 0 Å². The van der Waals surface area contributed by atoms with Crippen LogP contribution >= 0.6 is 0 Å². The van der Waals surface area contributed by atoms with Gasteiger partial charge in [-0.3, -0.25) is 4.90 Å². The van der Waals surface area contributed by atoms with Gasteiger partial charge < -0.3 is 14.2 Å². The normalized spacial score (nSPS) is 42.8. The van der Waals surface area contributed by atoms with Crippen LogP contribution in [0.3, 0.4) is 0 Å². The number of rotatable bonds is 6. The maximum absolute atomic E-state index is 6.96. The molecule has 2 aliphatic heterocycles. The Morgan fingerprint density at radius 2 is 1.66 bits per heavy atom. The largest absolute Gasteiger partial charge is 0.494 e. The number of hydrogen-bond donors (Lipinski definition) is 0. The van der Waals surface area contributed by atoms with E-state index in [0.29, 0.717) is 17.8 Å². The van der Waals surface area contributed by atoms with E-state index in [1.54, 1.807) is 0 Å². The summed E-state index contributed by atoms with van der Waals surface area (Å²) in [5.41, 5.74) is 1.36. The highest BCUT2D eigenvalue weighted by Gasteiger charge is 2.67. The zero-order valence-electron chi connectivity index (χ0n) is 21.0. The molecule has 2 spiro atoms. The van der Waals surface area contributed by atoms with Crippen molar-refractivity contribution in [3.8, 4) is 5.75 Å². The minimum atomic E-state index is -0.563. The Hall–Kier alpha value is -1.18. The fourth-order valence-corrected chi connectivity index (χ4v) is 8.40. The number of hydrogen-bond acceptors (Lipinski definition) is 6. The second kappa shape index (κ2) is 9.29. The van der Waals surface area contributed by atoms with Crippen LogP contribution in [0.25, 0.3) is 0 Å². The van der Waals surface area contributed by atoms with E-state index in [1.165, 1.54) is 44.1 Å². The van der Waals surface area contributed by atoms with E-state index in [0.717, 1.165) is 82.7 Å². The molecule has 2 heterocycles. The van der Waals surface area contributed by atoms with E-state index in [1.807, 2.05) is 0 Å². The van der Waals surface area contributed by atoms with Gasteiger partial charge in [-0.1, -0.05) is 12.1 Å². The molecule has 2 saturated heterocycles. The van der Waals surface area contributed by atoms with Crippen molar-refractivity contribution in [2.75, 3.05) is 39.5 Å². The average molecular weight is 484 g/mol. The van der Waals surface area contributed by atoms with E-state index in [2.05, 4.69) is 29.2 Å². The second-order valence-electron chi connectivity index (χ2n) is 12.2. The molecular formula is C29H41NO5. The first kappa shape index (κ1) is 23.0. The van der Waals surface area contributed by atoms with Crippen LogP contribution in [-0.2, 0) is 19.2 Å². The minimum Gasteiger partial charge on any atom is -0.494 e. The molecule has 0 aromatic heterocycles. The van der Waals surface area contributed by atoms with Crippen molar-refractivity contribution in [1.29, 1.82) is 0 Å². The monoisotopic (exact) mass is 483 g/mol. The van der Waals surface area contributed by atoms with E-state index in [9.17, 15) is 0 Å². The van der Waals surface area contributed by atoms with E-state index in [-0.39, 0.29) is 0 Å². The topological polar surface area (TPSA) is 49.4 Å². The SMILES string of the molecule is c1cc([C@@H]2CCC[C@]3(C2)OOC2(O3)C3CC4CC(C3)CC2C4)ccc1OCCCN1CCOCC1. The third-order valence-corrected chi connectivity index (χ3v) is 9.96. The molecule has 5 aliphatic carbocycles. The quantitative estimate of drug-likeness (QED) is 0.406. The van der Waals surface area contributed by atoms with Crippen molar-refractivity contribution in [3.05, 3.63) is 29.8 Å². The Morgan fingerprint density at radius 1 is 0.914 bits per heavy atom. The highest BCUT2D eigenvalue weighted by molar-refractivity contribution is 5.30. The lowest BCUT2D eigenvalue weighted by atomic mass is 9.53. The molecule has 6 heteroatoms. The fraction of sp³-hybridized carbons (Fsp3) is 0.793. The average Bonchev–Trinajstić information content (AvgIpc) is 3.25. The first-order chi connectivity index (χ1) is 17.2. The third kappa shape index (κ3) is 4.33. The summed E-state index contributed by atoms with van der Waals surface area (Å²) in [5.74, 6) is 3.22. The van der Waals surface area contributed by atoms with Crippen LogP contribution in [0.1, 0.15) is 75.7 Å². The Kier molecular flexibility index (Phi) is 6.10. The molecule has 8 rings (SSSR count). The second-order valence-corrected chi connectivity index (χ2v) is 12.2. The summed E-state index contributed by atoms with van der Waals surface area (Å²) in [5, 5.41) is 0. The first-order valence-electron chi connectivity index (χ1n) is 14.3. The summed E-state index contributed by atoms with van der Waals surface area (Å²) in [7, 11) is 0. The van der Waals surface area contributed by atoms with Crippen molar-refractivity contribution < 1.29 is 24.0 Å². The van der Waals surface area contributed by atoms with Crippen LogP contribution in [0.2, 0.25) is 0 Å². The molecule has 0 N–H and O–H groups in total. The highest BCUT2D eigenvalue weighted by atomic mass is 17.3. The summed E-state index contributed by atoms with van der Waals surface area (Å²) in [6.45, 7) is 5.64. The van der Waals surface area contributed by atoms with Gasteiger partial charge in [0.2, 0.25) is 11.6 Å². The summed E-state index contributed by atoms with van der Waals surface area (Å²) in [4.78, 5) is 14.9. The molecule has 0 radical (unpaired) electrons. The Labute approximate surface area is 209 Å². The third-order valence-electron chi connectivity index (χ3n) is 9.96. The zero-order valence-corrected chi connectivity index (χ0v) is 21.0. The van der Waals surface area contributed by atoms with Gasteiger partial charge in [-0.2, -0.15) is 9.78 Å². The number of morpholine rings is 1. The maximum Gasteiger partial charge on any atom is 0.210 e. The zero-order chi connectivity index (χ0) is 23.3. The molecule has 4 bridgehead atoms. The molecule has 6 nitrogen and oxygen atoms in total. The predicted octanol–water partition coefficient (Wildman–Crippen LogP) is 5.27. The molecule has 35 heavy (non-hydrogen) atoms. The Balaban J connectivity index is 0.951. The number of nitrogens with zero attached hydrogens (tertiary/aromatic N) is 1. The maximum atomic E-state index is 6.96. The van der Waals surface area contributed by atoms with Gasteiger partial charge in [0.05, 0.1) is 19.8 Å². The molecule has 0 amide bonds. The molecule has 7 fully saturated rings. The van der Waals surface area contributed by atoms with Gasteiger partial charge in [0.25, 0.3) is 0 Å². The van der Waals surface area contributed by atoms with Gasteiger partial charge >= 0.3 is 0 Å². The molecule has 0 unspecified atom stereocenters. The number of ether oxygens (including phenoxy) is 3. The van der Waals surface area contributed by atoms with E-state index >= 15 is 0 Å². The highest BCUT2D eigenvalue weighted by Crippen LogP contribution is 2.64. The fourth-order valence-electron chi connectivity index (χ4n) is 8.40. The van der Waals surface area contributed by atoms with Crippen LogP contribution in [0, 0.1) is 23.7 Å². The van der Waals surface area contributed by atoms with Gasteiger partial charge in [0, 0.05) is 44.3 Å². The van der Waals surface area contributed by atoms with Gasteiger partial charge in [-0.05, 0) is 86.8 Å². The van der Waals surface area contributed by atoms with Crippen molar-refractivity contribution in [3.63, 3.8) is 0 Å². The summed E-state index contributed by atoms with van der Waals surface area (Å²) < 4.78 is 18.4. The summed E-state index contributed by atoms with van der Waals surface area (Å²) in [6.07, 6.45) is 11.7. The summed E-state index contributed by atoms with van der Waals surface area (Å²) in [6, 6.07) is 8.76. The Morgan fingerprint density at radius 3 is 2.40 bits per heavy atom. The molecule has 1 aromatic rings. The van der Waals surface area contributed by atoms with Crippen molar-refractivity contribution in [2.45, 2.75) is 81.7 Å². The Bertz CT molecular complexity index is 856. The first-order valence-corrected chi connectivity index (χ1v) is 14.3. The smallest absolute Gasteiger partial charge is 0.210 e. The van der Waals surface area contributed by atoms with Crippen molar-refractivity contribution in [1.82, 2.24) is 4.90 Å². The van der Waals surface area contributed by atoms with Crippen molar-refractivity contribution in [2.24, 2.45) is 23.7 Å². The van der Waals surface area contributed by atoms with Gasteiger partial charge in [0.15, 0.2) is 0 Å². The molecule has 5 saturated carbocycles. The summed E-state index contributed by atoms with van der Waals surface area (Å²) >= 11 is 0. The molecule has 1 aromatic carbocycles. The van der Waals surface area contributed by atoms with Gasteiger partial charge in [0.1, 0.15) is 5.75 Å². The molecule has 192 valence electrons. The van der Waals surface area contributed by atoms with Crippen LogP contribution < -0.4 is 4.74 Å². The molecule has 2 atom stereocenters. The van der Waals surface area contributed by atoms with Crippen LogP contribution in [-0.4, -0.2) is 55.9 Å². The van der Waals surface area contributed by atoms with Crippen LogP contribution in [0.4, 0.5) is 0 Å². The number of benzene rings is 1. The lowest BCUT2D eigenvalue weighted by Crippen LogP contribution is -2.59. The van der Waals surface area contributed by atoms with Gasteiger partial charge in [-0.25, -0.2) is 0 Å². The van der Waals surface area contributed by atoms with Crippen LogP contribution in [0.15, 0.2) is 24.3 Å². The predicted molar refractivity (Wildman–Crippen MR) is 131 cm³/mol. The molecular weight excluding hydrogens is 442 g/mol. The van der Waals surface area contributed by atoms with Crippen LogP contribution in [0.5, 0.6) is 5.75 Å². The lowest BCUT2D eigenvalue weighted by Gasteiger charge is -2.57. The molecule has 7 aliphatic rings. The lowest BCUT2D eigenvalue weighted by molar-refractivity contribution is -0.390. The van der Waals surface area contributed by atoms with Crippen molar-refractivity contribution >= 4 is 0 Å². The van der Waals surface area contributed by atoms with E-state index in [4.69, 9.17) is 24.0 Å². The standard InChI is InChI=1S/C29H41NO5/c1-3-24(23-4-6-27(7-5-23)32-12-2-9-30-10-13-31-14-11-30)20-28(8-1)33-29(35-34-28)25-16-21-15-22(18-25)19-26(29)17-21/h4-7,21-22,24-26H,1-3,8-20H2/t21?,22?,24-,25?,26?,28-,29?/m1/s1.